The molecule has 0 saturated carbocycles. The zero-order chi connectivity index (χ0) is 26.6. The largest absolute Gasteiger partial charge is 0.256 e. The molecule has 2 nitrogen and oxygen atoms in total. The molecule has 0 aliphatic heterocycles. The van der Waals surface area contributed by atoms with E-state index in [0.29, 0.717) is 11.3 Å². The van der Waals surface area contributed by atoms with E-state index >= 15 is 0 Å². The van der Waals surface area contributed by atoms with Crippen LogP contribution in [0.5, 0.6) is 0 Å². The molecular formula is C34H42N2S. The quantitative estimate of drug-likeness (QED) is 0.258. The second kappa shape index (κ2) is 9.34. The monoisotopic (exact) mass is 510 g/mol. The predicted octanol–water partition coefficient (Wildman–Crippen LogP) is 9.33. The van der Waals surface area contributed by atoms with Gasteiger partial charge in [0.15, 0.2) is 0 Å². The van der Waals surface area contributed by atoms with Crippen molar-refractivity contribution in [1.29, 1.82) is 0 Å². The normalized spacial score (nSPS) is 16.4. The van der Waals surface area contributed by atoms with Crippen molar-refractivity contribution in [1.82, 2.24) is 9.97 Å². The number of aromatic nitrogens is 2. The highest BCUT2D eigenvalue weighted by molar-refractivity contribution is 7.09. The van der Waals surface area contributed by atoms with Crippen molar-refractivity contribution in [2.24, 2.45) is 11.3 Å². The molecular weight excluding hydrogens is 468 g/mol. The number of fused-ring (bicyclic) bond motifs is 2. The molecule has 194 valence electrons. The predicted molar refractivity (Wildman–Crippen MR) is 160 cm³/mol. The van der Waals surface area contributed by atoms with E-state index in [1.54, 1.807) is 11.3 Å². The Kier molecular flexibility index (Phi) is 6.59. The first-order valence-corrected chi connectivity index (χ1v) is 14.7. The maximum absolute atomic E-state index is 4.96. The fourth-order valence-electron chi connectivity index (χ4n) is 6.04. The molecule has 2 aromatic heterocycles. The van der Waals surface area contributed by atoms with E-state index < -0.39 is 0 Å². The van der Waals surface area contributed by atoms with Crippen LogP contribution in [-0.4, -0.2) is 9.97 Å². The number of benzene rings is 2. The van der Waals surface area contributed by atoms with E-state index in [1.807, 2.05) is 6.20 Å². The summed E-state index contributed by atoms with van der Waals surface area (Å²) in [4.78, 5) is 9.63. The van der Waals surface area contributed by atoms with Gasteiger partial charge >= 0.3 is 0 Å². The van der Waals surface area contributed by atoms with Crippen molar-refractivity contribution in [2.75, 3.05) is 0 Å². The molecule has 2 aromatic carbocycles. The number of thiazole rings is 1. The minimum Gasteiger partial charge on any atom is -0.256 e. The maximum Gasteiger partial charge on any atom is 0.0984 e. The first kappa shape index (κ1) is 26.1. The number of hydrogen-bond acceptors (Lipinski definition) is 3. The molecule has 0 fully saturated rings. The Hall–Kier alpha value is -2.52. The first-order valence-electron chi connectivity index (χ1n) is 13.8. The van der Waals surface area contributed by atoms with Crippen molar-refractivity contribution in [3.63, 3.8) is 0 Å². The third kappa shape index (κ3) is 5.00. The summed E-state index contributed by atoms with van der Waals surface area (Å²) in [6, 6.07) is 14.0. The Labute approximate surface area is 227 Å². The number of rotatable bonds is 6. The lowest BCUT2D eigenvalue weighted by atomic mass is 9.73. The van der Waals surface area contributed by atoms with Gasteiger partial charge in [-0.25, -0.2) is 4.98 Å². The Morgan fingerprint density at radius 2 is 1.62 bits per heavy atom. The molecule has 0 N–H and O–H groups in total. The van der Waals surface area contributed by atoms with Crippen LogP contribution in [0.4, 0.5) is 0 Å². The van der Waals surface area contributed by atoms with Crippen LogP contribution in [0.25, 0.3) is 22.0 Å². The molecule has 37 heavy (non-hydrogen) atoms. The summed E-state index contributed by atoms with van der Waals surface area (Å²) in [5, 5.41) is 5.87. The van der Waals surface area contributed by atoms with Crippen LogP contribution in [0.15, 0.2) is 54.2 Å². The second-order valence-electron chi connectivity index (χ2n) is 13.5. The van der Waals surface area contributed by atoms with Crippen LogP contribution in [0.3, 0.4) is 0 Å². The number of pyridine rings is 1. The minimum absolute atomic E-state index is 0.0140. The SMILES string of the molecule is CCC(C)(C)c1c(CC(C)(C)c2nccs2)ccc2cnc(-c3ccc4c(c3)CC(C(C)(C)C)C4)cc12. The molecule has 1 unspecified atom stereocenters. The van der Waals surface area contributed by atoms with Gasteiger partial charge in [0, 0.05) is 34.1 Å². The van der Waals surface area contributed by atoms with E-state index in [4.69, 9.17) is 4.98 Å². The lowest BCUT2D eigenvalue weighted by Crippen LogP contribution is -2.25. The summed E-state index contributed by atoms with van der Waals surface area (Å²) in [6.45, 7) is 18.9. The van der Waals surface area contributed by atoms with E-state index in [-0.39, 0.29) is 10.8 Å². The smallest absolute Gasteiger partial charge is 0.0984 e. The van der Waals surface area contributed by atoms with E-state index in [9.17, 15) is 0 Å². The van der Waals surface area contributed by atoms with Gasteiger partial charge in [-0.1, -0.05) is 79.7 Å². The highest BCUT2D eigenvalue weighted by Crippen LogP contribution is 2.42. The van der Waals surface area contributed by atoms with Gasteiger partial charge in [0.2, 0.25) is 0 Å². The molecule has 5 rings (SSSR count). The van der Waals surface area contributed by atoms with Gasteiger partial charge in [0.25, 0.3) is 0 Å². The zero-order valence-corrected chi connectivity index (χ0v) is 24.7. The second-order valence-corrected chi connectivity index (χ2v) is 14.4. The Bertz CT molecular complexity index is 1420. The standard InChI is InChI=1S/C34H42N2S/c1-9-33(5,6)30-24(20-34(7,8)31-35-14-15-37-31)12-13-25-21-36-29(19-28(25)30)23-11-10-22-17-27(32(2,3)4)18-26(22)16-23/h10-16,19,21,27H,9,17-18,20H2,1-8H3. The molecule has 1 atom stereocenters. The summed E-state index contributed by atoms with van der Waals surface area (Å²) in [6.07, 6.45) is 8.43. The van der Waals surface area contributed by atoms with Gasteiger partial charge in [-0.3, -0.25) is 4.98 Å². The van der Waals surface area contributed by atoms with E-state index in [1.165, 1.54) is 56.4 Å². The summed E-state index contributed by atoms with van der Waals surface area (Å²) in [5.74, 6) is 0.711. The van der Waals surface area contributed by atoms with Crippen molar-refractivity contribution in [3.05, 3.63) is 81.4 Å². The molecule has 1 aliphatic carbocycles. The fraction of sp³-hybridized carbons (Fsp3) is 0.471. The molecule has 1 aliphatic rings. The van der Waals surface area contributed by atoms with Gasteiger partial charge in [-0.2, -0.15) is 0 Å². The van der Waals surface area contributed by atoms with E-state index in [2.05, 4.69) is 108 Å². The summed E-state index contributed by atoms with van der Waals surface area (Å²) < 4.78 is 0. The molecule has 3 heteroatoms. The maximum atomic E-state index is 4.96. The van der Waals surface area contributed by atoms with Crippen molar-refractivity contribution in [2.45, 2.75) is 91.9 Å². The zero-order valence-electron chi connectivity index (χ0n) is 23.9. The molecule has 0 bridgehead atoms. The lowest BCUT2D eigenvalue weighted by molar-refractivity contribution is 0.251. The Morgan fingerprint density at radius 1 is 0.865 bits per heavy atom. The van der Waals surface area contributed by atoms with Gasteiger partial charge < -0.3 is 0 Å². The lowest BCUT2D eigenvalue weighted by Gasteiger charge is -2.31. The highest BCUT2D eigenvalue weighted by atomic mass is 32.1. The molecule has 4 aromatic rings. The minimum atomic E-state index is -0.0140. The summed E-state index contributed by atoms with van der Waals surface area (Å²) in [7, 11) is 0. The molecule has 0 radical (unpaired) electrons. The van der Waals surface area contributed by atoms with Gasteiger partial charge in [-0.05, 0) is 82.2 Å². The van der Waals surface area contributed by atoms with Crippen LogP contribution in [-0.2, 0) is 30.1 Å². The van der Waals surface area contributed by atoms with Gasteiger partial charge in [-0.15, -0.1) is 11.3 Å². The van der Waals surface area contributed by atoms with Crippen LogP contribution < -0.4 is 0 Å². The number of nitrogens with zero attached hydrogens (tertiary/aromatic N) is 2. The topological polar surface area (TPSA) is 25.8 Å². The van der Waals surface area contributed by atoms with Gasteiger partial charge in [0.05, 0.1) is 10.7 Å². The van der Waals surface area contributed by atoms with Crippen LogP contribution >= 0.6 is 11.3 Å². The highest BCUT2D eigenvalue weighted by Gasteiger charge is 2.32. The first-order chi connectivity index (χ1) is 17.4. The summed E-state index contributed by atoms with van der Waals surface area (Å²) in [5.41, 5.74) is 8.63. The molecule has 0 spiro atoms. The Balaban J connectivity index is 1.60. The van der Waals surface area contributed by atoms with Crippen molar-refractivity contribution < 1.29 is 0 Å². The molecule has 0 saturated heterocycles. The van der Waals surface area contributed by atoms with Crippen LogP contribution in [0, 0.1) is 11.3 Å². The van der Waals surface area contributed by atoms with Crippen LogP contribution in [0.1, 0.15) is 89.1 Å². The van der Waals surface area contributed by atoms with Crippen LogP contribution in [0.2, 0.25) is 0 Å². The average molecular weight is 511 g/mol. The average Bonchev–Trinajstić information content (AvgIpc) is 3.53. The Morgan fingerprint density at radius 3 is 2.30 bits per heavy atom. The van der Waals surface area contributed by atoms with Crippen molar-refractivity contribution in [3.8, 4) is 11.3 Å². The third-order valence-corrected chi connectivity index (χ3v) is 9.99. The van der Waals surface area contributed by atoms with Crippen molar-refractivity contribution >= 4 is 22.1 Å². The van der Waals surface area contributed by atoms with E-state index in [0.717, 1.165) is 18.5 Å². The fourth-order valence-corrected chi connectivity index (χ4v) is 6.81. The third-order valence-electron chi connectivity index (χ3n) is 8.85. The summed E-state index contributed by atoms with van der Waals surface area (Å²) >= 11 is 1.76. The number of hydrogen-bond donors (Lipinski definition) is 0. The van der Waals surface area contributed by atoms with Gasteiger partial charge in [0.1, 0.15) is 0 Å². The molecule has 0 amide bonds. The molecule has 2 heterocycles.